The van der Waals surface area contributed by atoms with Crippen molar-refractivity contribution >= 4 is 17.6 Å². The molecule has 39 heavy (non-hydrogen) atoms. The Hall–Kier alpha value is -4.54. The number of carboxylic acids is 1. The van der Waals surface area contributed by atoms with Crippen LogP contribution in [0.25, 0.3) is 22.5 Å². The average molecular weight is 538 g/mol. The predicted molar refractivity (Wildman–Crippen MR) is 139 cm³/mol. The molecule has 0 saturated heterocycles. The van der Waals surface area contributed by atoms with Crippen molar-refractivity contribution in [1.29, 1.82) is 0 Å². The van der Waals surface area contributed by atoms with E-state index >= 15 is 0 Å². The first-order valence-electron chi connectivity index (χ1n) is 12.3. The molecule has 0 atom stereocenters. The zero-order valence-electron chi connectivity index (χ0n) is 21.0. The monoisotopic (exact) mass is 537 g/mol. The molecule has 202 valence electrons. The standard InChI is InChI=1S/C26H25N5O.C2HF3O2/c1-2-18-7-9-23(10-8-18)30-26(32)24-12-21(17-31(24)16-19-5-6-19)22-14-28-25(29-15-22)20-4-3-11-27-13-20;3-2(4,5)1(6)7/h3-4,7-15,17,19H,2,5-6,16H2,1H3,(H,30,32);(H,6,7). The number of halogens is 3. The van der Waals surface area contributed by atoms with Gasteiger partial charge in [0, 0.05) is 59.9 Å². The average Bonchev–Trinajstić information content (AvgIpc) is 3.65. The maximum absolute atomic E-state index is 13.1. The van der Waals surface area contributed by atoms with Gasteiger partial charge in [-0.15, -0.1) is 0 Å². The van der Waals surface area contributed by atoms with Gasteiger partial charge in [0.1, 0.15) is 5.69 Å². The van der Waals surface area contributed by atoms with Gasteiger partial charge in [-0.05, 0) is 61.1 Å². The second-order valence-electron chi connectivity index (χ2n) is 9.05. The van der Waals surface area contributed by atoms with Crippen LogP contribution in [0.15, 0.2) is 73.4 Å². The number of alkyl halides is 3. The number of pyridine rings is 1. The molecule has 0 bridgehead atoms. The highest BCUT2D eigenvalue weighted by atomic mass is 19.4. The number of hydrogen-bond donors (Lipinski definition) is 2. The Morgan fingerprint density at radius 1 is 1.03 bits per heavy atom. The fraction of sp³-hybridized carbons (Fsp3) is 0.250. The molecular weight excluding hydrogens is 511 g/mol. The van der Waals surface area contributed by atoms with Crippen LogP contribution < -0.4 is 5.32 Å². The highest BCUT2D eigenvalue weighted by Crippen LogP contribution is 2.33. The molecule has 4 aromatic rings. The number of carbonyl (C=O) groups is 2. The van der Waals surface area contributed by atoms with Gasteiger partial charge in [-0.3, -0.25) is 9.78 Å². The van der Waals surface area contributed by atoms with Crippen molar-refractivity contribution in [1.82, 2.24) is 19.5 Å². The number of carboxylic acid groups (broad SMARTS) is 1. The number of hydrogen-bond acceptors (Lipinski definition) is 5. The van der Waals surface area contributed by atoms with Crippen molar-refractivity contribution in [2.24, 2.45) is 5.92 Å². The van der Waals surface area contributed by atoms with E-state index in [2.05, 4.69) is 31.8 Å². The molecule has 1 saturated carbocycles. The number of benzene rings is 1. The van der Waals surface area contributed by atoms with Gasteiger partial charge >= 0.3 is 12.1 Å². The lowest BCUT2D eigenvalue weighted by Crippen LogP contribution is -2.21. The van der Waals surface area contributed by atoms with E-state index in [9.17, 15) is 18.0 Å². The Labute approximate surface area is 222 Å². The lowest BCUT2D eigenvalue weighted by atomic mass is 10.1. The van der Waals surface area contributed by atoms with E-state index < -0.39 is 12.1 Å². The SMILES string of the molecule is CCc1ccc(NC(=O)c2cc(-c3cnc(-c4cccnc4)nc3)cn2CC2CC2)cc1.O=C(O)C(F)(F)F. The topological polar surface area (TPSA) is 110 Å². The highest BCUT2D eigenvalue weighted by Gasteiger charge is 2.38. The molecule has 1 aromatic carbocycles. The van der Waals surface area contributed by atoms with Gasteiger partial charge in [0.05, 0.1) is 0 Å². The van der Waals surface area contributed by atoms with E-state index in [1.54, 1.807) is 24.8 Å². The lowest BCUT2D eigenvalue weighted by Gasteiger charge is -2.09. The number of aliphatic carboxylic acids is 1. The van der Waals surface area contributed by atoms with Crippen LogP contribution in [0.4, 0.5) is 18.9 Å². The zero-order chi connectivity index (χ0) is 28.0. The third-order valence-electron chi connectivity index (χ3n) is 6.05. The first-order valence-corrected chi connectivity index (χ1v) is 12.3. The minimum absolute atomic E-state index is 0.103. The van der Waals surface area contributed by atoms with E-state index in [1.807, 2.05) is 48.7 Å². The van der Waals surface area contributed by atoms with Crippen molar-refractivity contribution in [3.63, 3.8) is 0 Å². The van der Waals surface area contributed by atoms with Crippen LogP contribution >= 0.6 is 0 Å². The summed E-state index contributed by atoms with van der Waals surface area (Å²) < 4.78 is 33.8. The number of nitrogens with zero attached hydrogens (tertiary/aromatic N) is 4. The summed E-state index contributed by atoms with van der Waals surface area (Å²) in [5.74, 6) is -1.58. The molecule has 3 aromatic heterocycles. The summed E-state index contributed by atoms with van der Waals surface area (Å²) >= 11 is 0. The Morgan fingerprint density at radius 2 is 1.69 bits per heavy atom. The second-order valence-corrected chi connectivity index (χ2v) is 9.05. The molecule has 5 rings (SSSR count). The summed E-state index contributed by atoms with van der Waals surface area (Å²) in [5, 5.41) is 10.2. The van der Waals surface area contributed by atoms with Crippen molar-refractivity contribution < 1.29 is 27.9 Å². The number of aromatic nitrogens is 4. The van der Waals surface area contributed by atoms with Gasteiger partial charge in [-0.25, -0.2) is 14.8 Å². The van der Waals surface area contributed by atoms with Gasteiger partial charge in [0.2, 0.25) is 0 Å². The Bertz CT molecular complexity index is 1420. The number of rotatable bonds is 7. The van der Waals surface area contributed by atoms with Crippen LogP contribution in [0, 0.1) is 5.92 Å². The minimum atomic E-state index is -5.08. The molecule has 2 N–H and O–H groups in total. The highest BCUT2D eigenvalue weighted by molar-refractivity contribution is 6.04. The Kier molecular flexibility index (Phi) is 8.38. The van der Waals surface area contributed by atoms with Gasteiger partial charge < -0.3 is 15.0 Å². The molecule has 1 aliphatic carbocycles. The van der Waals surface area contributed by atoms with Crippen molar-refractivity contribution in [3.8, 4) is 22.5 Å². The van der Waals surface area contributed by atoms with E-state index in [0.29, 0.717) is 17.4 Å². The lowest BCUT2D eigenvalue weighted by molar-refractivity contribution is -0.192. The smallest absolute Gasteiger partial charge is 0.475 e. The third kappa shape index (κ3) is 7.50. The summed E-state index contributed by atoms with van der Waals surface area (Å²) in [6.45, 7) is 2.97. The third-order valence-corrected chi connectivity index (χ3v) is 6.05. The summed E-state index contributed by atoms with van der Waals surface area (Å²) in [4.78, 5) is 35.1. The molecule has 0 unspecified atom stereocenters. The first-order chi connectivity index (χ1) is 18.6. The van der Waals surface area contributed by atoms with Gasteiger partial charge in [-0.2, -0.15) is 13.2 Å². The maximum atomic E-state index is 13.1. The fourth-order valence-corrected chi connectivity index (χ4v) is 3.73. The number of anilines is 1. The van der Waals surface area contributed by atoms with Crippen LogP contribution in [-0.2, 0) is 17.8 Å². The quantitative estimate of drug-likeness (QED) is 0.305. The number of carbonyl (C=O) groups excluding carboxylic acids is 1. The predicted octanol–water partition coefficient (Wildman–Crippen LogP) is 5.87. The van der Waals surface area contributed by atoms with E-state index in [4.69, 9.17) is 9.90 Å². The number of nitrogens with one attached hydrogen (secondary N) is 1. The number of amides is 1. The summed E-state index contributed by atoms with van der Waals surface area (Å²) in [6, 6.07) is 13.7. The second kappa shape index (κ2) is 11.9. The summed E-state index contributed by atoms with van der Waals surface area (Å²) in [6.07, 6.45) is 7.45. The van der Waals surface area contributed by atoms with Gasteiger partial charge in [0.15, 0.2) is 5.82 Å². The summed E-state index contributed by atoms with van der Waals surface area (Å²) in [5.41, 5.74) is 5.40. The van der Waals surface area contributed by atoms with Crippen LogP contribution in [-0.4, -0.2) is 42.7 Å². The molecule has 0 aliphatic heterocycles. The molecule has 8 nitrogen and oxygen atoms in total. The maximum Gasteiger partial charge on any atom is 0.490 e. The van der Waals surface area contributed by atoms with E-state index in [-0.39, 0.29) is 5.91 Å². The molecular formula is C28H26F3N5O3. The van der Waals surface area contributed by atoms with Crippen molar-refractivity contribution in [3.05, 3.63) is 84.7 Å². The largest absolute Gasteiger partial charge is 0.490 e. The van der Waals surface area contributed by atoms with Crippen molar-refractivity contribution in [2.45, 2.75) is 38.9 Å². The van der Waals surface area contributed by atoms with E-state index in [1.165, 1.54) is 18.4 Å². The van der Waals surface area contributed by atoms with Crippen LogP contribution in [0.2, 0.25) is 0 Å². The first kappa shape index (κ1) is 27.5. The van der Waals surface area contributed by atoms with Gasteiger partial charge in [0.25, 0.3) is 5.91 Å². The minimum Gasteiger partial charge on any atom is -0.475 e. The molecule has 3 heterocycles. The van der Waals surface area contributed by atoms with Gasteiger partial charge in [-0.1, -0.05) is 19.1 Å². The van der Waals surface area contributed by atoms with Crippen LogP contribution in [0.3, 0.4) is 0 Å². The normalized spacial score (nSPS) is 12.8. The fourth-order valence-electron chi connectivity index (χ4n) is 3.73. The van der Waals surface area contributed by atoms with Crippen molar-refractivity contribution in [2.75, 3.05) is 5.32 Å². The molecule has 1 amide bonds. The van der Waals surface area contributed by atoms with Crippen LogP contribution in [0.1, 0.15) is 35.8 Å². The molecule has 1 aliphatic rings. The number of aryl methyl sites for hydroxylation is 1. The summed E-state index contributed by atoms with van der Waals surface area (Å²) in [7, 11) is 0. The van der Waals surface area contributed by atoms with Crippen LogP contribution in [0.5, 0.6) is 0 Å². The molecule has 1 fully saturated rings. The van der Waals surface area contributed by atoms with E-state index in [0.717, 1.165) is 35.3 Å². The Balaban J connectivity index is 0.000000448. The molecule has 11 heteroatoms. The molecule has 0 spiro atoms. The Morgan fingerprint density at radius 3 is 2.23 bits per heavy atom. The zero-order valence-corrected chi connectivity index (χ0v) is 21.0. The molecule has 0 radical (unpaired) electrons.